The fraction of sp³-hybridized carbons (Fsp3) is 0.357. The average molecular weight is 297 g/mol. The van der Waals surface area contributed by atoms with E-state index in [0.29, 0.717) is 25.9 Å². The largest absolute Gasteiger partial charge is 0.335 e. The third kappa shape index (κ3) is 6.60. The highest BCUT2D eigenvalue weighted by molar-refractivity contribution is 7.74. The van der Waals surface area contributed by atoms with Crippen molar-refractivity contribution in [2.24, 2.45) is 0 Å². The van der Waals surface area contributed by atoms with Gasteiger partial charge in [-0.2, -0.15) is 4.21 Å². The summed E-state index contributed by atoms with van der Waals surface area (Å²) in [4.78, 5) is 13.5. The quantitative estimate of drug-likeness (QED) is 0.431. The Morgan fingerprint density at radius 1 is 1.35 bits per heavy atom. The van der Waals surface area contributed by atoms with Gasteiger partial charge in [-0.15, -0.1) is 0 Å². The Labute approximate surface area is 121 Å². The summed E-state index contributed by atoms with van der Waals surface area (Å²) < 4.78 is 23.3. The van der Waals surface area contributed by atoms with Crippen molar-refractivity contribution in [3.8, 4) is 0 Å². The van der Waals surface area contributed by atoms with Crippen molar-refractivity contribution < 1.29 is 17.7 Å². The molecule has 5 nitrogen and oxygen atoms in total. The second-order valence-corrected chi connectivity index (χ2v) is 4.87. The Morgan fingerprint density at radius 3 is 2.65 bits per heavy atom. The number of amides is 1. The number of carbonyl (C=O) groups is 1. The standard InChI is InChI=1S/C14H19NO4S/c1-2-14(16)15(10-6-7-11-19-20(17)18)12-13-8-4-3-5-9-13/h2-5,8-9H,1,6-7,10-12H2,(H,17,18). The highest BCUT2D eigenvalue weighted by Gasteiger charge is 2.10. The zero-order chi connectivity index (χ0) is 14.8. The maximum Gasteiger partial charge on any atom is 0.301 e. The highest BCUT2D eigenvalue weighted by atomic mass is 32.2. The van der Waals surface area contributed by atoms with E-state index in [4.69, 9.17) is 4.55 Å². The van der Waals surface area contributed by atoms with Gasteiger partial charge in [0.05, 0.1) is 6.61 Å². The van der Waals surface area contributed by atoms with Gasteiger partial charge in [0.1, 0.15) is 0 Å². The first kappa shape index (κ1) is 16.6. The molecule has 1 unspecified atom stereocenters. The summed E-state index contributed by atoms with van der Waals surface area (Å²) in [5.41, 5.74) is 1.05. The van der Waals surface area contributed by atoms with Gasteiger partial charge in [0.15, 0.2) is 0 Å². The molecule has 0 fully saturated rings. The molecular formula is C14H19NO4S. The average Bonchev–Trinajstić information content (AvgIpc) is 2.45. The lowest BCUT2D eigenvalue weighted by Gasteiger charge is -2.21. The zero-order valence-electron chi connectivity index (χ0n) is 11.2. The van der Waals surface area contributed by atoms with Gasteiger partial charge in [0, 0.05) is 13.1 Å². The monoisotopic (exact) mass is 297 g/mol. The molecule has 0 aromatic heterocycles. The van der Waals surface area contributed by atoms with Crippen molar-refractivity contribution in [3.63, 3.8) is 0 Å². The molecule has 0 aliphatic carbocycles. The first-order valence-corrected chi connectivity index (χ1v) is 7.36. The number of carbonyl (C=O) groups excluding carboxylic acids is 1. The Morgan fingerprint density at radius 2 is 2.05 bits per heavy atom. The number of hydrogen-bond acceptors (Lipinski definition) is 3. The minimum absolute atomic E-state index is 0.125. The molecule has 1 aromatic carbocycles. The van der Waals surface area contributed by atoms with Crippen LogP contribution in [0.4, 0.5) is 0 Å². The maximum atomic E-state index is 11.8. The van der Waals surface area contributed by atoms with Gasteiger partial charge in [-0.05, 0) is 24.5 Å². The topological polar surface area (TPSA) is 66.8 Å². The van der Waals surface area contributed by atoms with Crippen LogP contribution in [0.1, 0.15) is 18.4 Å². The molecule has 0 saturated carbocycles. The molecule has 0 saturated heterocycles. The molecule has 1 rings (SSSR count). The van der Waals surface area contributed by atoms with Gasteiger partial charge in [-0.3, -0.25) is 13.5 Å². The van der Waals surface area contributed by atoms with E-state index in [0.717, 1.165) is 5.56 Å². The minimum atomic E-state index is -2.22. The van der Waals surface area contributed by atoms with Crippen molar-refractivity contribution in [3.05, 3.63) is 48.6 Å². The van der Waals surface area contributed by atoms with Crippen LogP contribution in [0.15, 0.2) is 43.0 Å². The molecule has 0 bridgehead atoms. The lowest BCUT2D eigenvalue weighted by molar-refractivity contribution is -0.126. The number of unbranched alkanes of at least 4 members (excludes halogenated alkanes) is 1. The molecule has 0 aliphatic heterocycles. The van der Waals surface area contributed by atoms with Crippen molar-refractivity contribution >= 4 is 17.3 Å². The van der Waals surface area contributed by atoms with E-state index in [1.54, 1.807) is 4.90 Å². The Bertz CT molecular complexity index is 450. The molecule has 20 heavy (non-hydrogen) atoms. The van der Waals surface area contributed by atoms with Crippen LogP contribution in [0, 0.1) is 0 Å². The smallest absolute Gasteiger partial charge is 0.301 e. The van der Waals surface area contributed by atoms with Crippen molar-refractivity contribution in [1.82, 2.24) is 4.90 Å². The van der Waals surface area contributed by atoms with Crippen LogP contribution in [0.3, 0.4) is 0 Å². The lowest BCUT2D eigenvalue weighted by Crippen LogP contribution is -2.30. The lowest BCUT2D eigenvalue weighted by atomic mass is 10.2. The molecule has 0 spiro atoms. The van der Waals surface area contributed by atoms with Gasteiger partial charge < -0.3 is 4.90 Å². The first-order chi connectivity index (χ1) is 9.63. The predicted molar refractivity (Wildman–Crippen MR) is 78.0 cm³/mol. The van der Waals surface area contributed by atoms with Crippen molar-refractivity contribution in [2.75, 3.05) is 13.2 Å². The van der Waals surface area contributed by atoms with E-state index < -0.39 is 11.4 Å². The Balaban J connectivity index is 2.42. The van der Waals surface area contributed by atoms with Crippen LogP contribution < -0.4 is 0 Å². The number of hydrogen-bond donors (Lipinski definition) is 1. The predicted octanol–water partition coefficient (Wildman–Crippen LogP) is 2.13. The second-order valence-electron chi connectivity index (χ2n) is 4.20. The molecule has 0 heterocycles. The third-order valence-corrected chi connectivity index (χ3v) is 3.08. The van der Waals surface area contributed by atoms with Crippen LogP contribution >= 0.6 is 0 Å². The van der Waals surface area contributed by atoms with Gasteiger partial charge in [0.25, 0.3) is 0 Å². The highest BCUT2D eigenvalue weighted by Crippen LogP contribution is 2.07. The minimum Gasteiger partial charge on any atom is -0.335 e. The summed E-state index contributed by atoms with van der Waals surface area (Å²) in [6.07, 6.45) is 2.61. The van der Waals surface area contributed by atoms with E-state index in [-0.39, 0.29) is 12.5 Å². The second kappa shape index (κ2) is 9.41. The first-order valence-electron chi connectivity index (χ1n) is 6.33. The number of benzene rings is 1. The Hall–Kier alpha value is -1.50. The van der Waals surface area contributed by atoms with Crippen LogP contribution in [-0.2, 0) is 26.9 Å². The molecule has 1 N–H and O–H groups in total. The molecule has 0 aliphatic rings. The molecular weight excluding hydrogens is 278 g/mol. The summed E-state index contributed by atoms with van der Waals surface area (Å²) in [5.74, 6) is -0.125. The number of rotatable bonds is 9. The summed E-state index contributed by atoms with van der Waals surface area (Å²) in [6.45, 7) is 4.78. The van der Waals surface area contributed by atoms with E-state index in [9.17, 15) is 9.00 Å². The van der Waals surface area contributed by atoms with E-state index in [1.165, 1.54) is 6.08 Å². The summed E-state index contributed by atoms with van der Waals surface area (Å²) in [5, 5.41) is 0. The molecule has 6 heteroatoms. The van der Waals surface area contributed by atoms with Gasteiger partial charge in [0.2, 0.25) is 5.91 Å². The van der Waals surface area contributed by atoms with Crippen LogP contribution in [0.25, 0.3) is 0 Å². The summed E-state index contributed by atoms with van der Waals surface area (Å²) in [6, 6.07) is 9.70. The normalized spacial score (nSPS) is 11.8. The Kier molecular flexibility index (Phi) is 7.79. The van der Waals surface area contributed by atoms with Crippen LogP contribution in [-0.4, -0.2) is 32.7 Å². The van der Waals surface area contributed by atoms with E-state index >= 15 is 0 Å². The van der Waals surface area contributed by atoms with E-state index in [1.807, 2.05) is 30.3 Å². The number of nitrogens with zero attached hydrogens (tertiary/aromatic N) is 1. The van der Waals surface area contributed by atoms with Gasteiger partial charge >= 0.3 is 11.4 Å². The molecule has 0 radical (unpaired) electrons. The maximum absolute atomic E-state index is 11.8. The zero-order valence-corrected chi connectivity index (χ0v) is 12.1. The fourth-order valence-electron chi connectivity index (χ4n) is 1.74. The van der Waals surface area contributed by atoms with Crippen molar-refractivity contribution in [2.45, 2.75) is 19.4 Å². The summed E-state index contributed by atoms with van der Waals surface area (Å²) in [7, 11) is 0. The fourth-order valence-corrected chi connectivity index (χ4v) is 2.00. The van der Waals surface area contributed by atoms with Crippen molar-refractivity contribution in [1.29, 1.82) is 0 Å². The van der Waals surface area contributed by atoms with Crippen LogP contribution in [0.5, 0.6) is 0 Å². The van der Waals surface area contributed by atoms with E-state index in [2.05, 4.69) is 10.8 Å². The molecule has 1 amide bonds. The molecule has 1 aromatic rings. The van der Waals surface area contributed by atoms with Gasteiger partial charge in [-0.25, -0.2) is 0 Å². The molecule has 1 atom stereocenters. The summed E-state index contributed by atoms with van der Waals surface area (Å²) >= 11 is -2.22. The van der Waals surface area contributed by atoms with Crippen LogP contribution in [0.2, 0.25) is 0 Å². The third-order valence-electron chi connectivity index (χ3n) is 2.71. The SMILES string of the molecule is C=CC(=O)N(CCCCOS(=O)O)Cc1ccccc1. The van der Waals surface area contributed by atoms with Gasteiger partial charge in [-0.1, -0.05) is 36.9 Å². The molecule has 110 valence electrons.